The zero-order chi connectivity index (χ0) is 19.4. The van der Waals surface area contributed by atoms with Crippen LogP contribution in [0.2, 0.25) is 0 Å². The van der Waals surface area contributed by atoms with Gasteiger partial charge in [-0.05, 0) is 23.8 Å². The van der Waals surface area contributed by atoms with Gasteiger partial charge in [0, 0.05) is 18.2 Å². The Labute approximate surface area is 155 Å². The number of rotatable bonds is 6. The number of aromatic nitrogens is 1. The van der Waals surface area contributed by atoms with E-state index in [0.717, 1.165) is 5.56 Å². The summed E-state index contributed by atoms with van der Waals surface area (Å²) in [4.78, 5) is 15.2. The molecule has 0 aliphatic heterocycles. The van der Waals surface area contributed by atoms with Crippen molar-refractivity contribution in [2.24, 2.45) is 5.14 Å². The summed E-state index contributed by atoms with van der Waals surface area (Å²) in [5, 5.41) is 19.4. The number of nitro groups is 1. The van der Waals surface area contributed by atoms with Gasteiger partial charge in [-0.25, -0.2) is 18.5 Å². The predicted octanol–water partition coefficient (Wildman–Crippen LogP) is 2.92. The van der Waals surface area contributed by atoms with Gasteiger partial charge in [0.2, 0.25) is 10.0 Å². The zero-order valence-electron chi connectivity index (χ0n) is 14.1. The minimum Gasteiger partial charge on any atom is -0.366 e. The Morgan fingerprint density at radius 3 is 2.26 bits per heavy atom. The predicted molar refractivity (Wildman–Crippen MR) is 101 cm³/mol. The smallest absolute Gasteiger partial charge is 0.295 e. The molecule has 138 valence electrons. The average molecular weight is 384 g/mol. The minimum atomic E-state index is -3.73. The van der Waals surface area contributed by atoms with Gasteiger partial charge in [0.1, 0.15) is 5.82 Å². The van der Waals surface area contributed by atoms with E-state index in [-0.39, 0.29) is 16.3 Å². The maximum Gasteiger partial charge on any atom is 0.295 e. The van der Waals surface area contributed by atoms with Crippen molar-refractivity contribution in [1.29, 1.82) is 0 Å². The first-order valence-corrected chi connectivity index (χ1v) is 9.46. The van der Waals surface area contributed by atoms with Crippen LogP contribution in [0, 0.1) is 10.1 Å². The van der Waals surface area contributed by atoms with Crippen LogP contribution < -0.4 is 10.5 Å². The number of nitrogens with two attached hydrogens (primary N) is 1. The average Bonchev–Trinajstić information content (AvgIpc) is 2.66. The van der Waals surface area contributed by atoms with Crippen molar-refractivity contribution in [1.82, 2.24) is 4.98 Å². The molecule has 0 radical (unpaired) electrons. The summed E-state index contributed by atoms with van der Waals surface area (Å²) in [7, 11) is -3.73. The summed E-state index contributed by atoms with van der Waals surface area (Å²) in [5.74, 6) is 0.468. The standard InChI is InChI=1S/C18H16N4O4S/c19-27(25,26)15-8-6-13(7-9-15)12-20-17-11-10-16(22(23)24)18(21-17)14-4-2-1-3-5-14/h1-11H,12H2,(H,20,21)(H2,19,25,26). The number of sulfonamides is 1. The lowest BCUT2D eigenvalue weighted by Crippen LogP contribution is -2.12. The maximum atomic E-state index is 11.3. The van der Waals surface area contributed by atoms with Crippen LogP contribution in [-0.4, -0.2) is 18.3 Å². The quantitative estimate of drug-likeness (QED) is 0.497. The molecule has 0 amide bonds. The first kappa shape index (κ1) is 18.5. The summed E-state index contributed by atoms with van der Waals surface area (Å²) >= 11 is 0. The van der Waals surface area contributed by atoms with E-state index >= 15 is 0 Å². The fourth-order valence-electron chi connectivity index (χ4n) is 2.50. The molecule has 0 bridgehead atoms. The lowest BCUT2D eigenvalue weighted by molar-refractivity contribution is -0.384. The molecule has 3 aromatic rings. The second-order valence-corrected chi connectivity index (χ2v) is 7.29. The van der Waals surface area contributed by atoms with E-state index in [2.05, 4.69) is 10.3 Å². The molecule has 3 N–H and O–H groups in total. The van der Waals surface area contributed by atoms with Gasteiger partial charge in [-0.2, -0.15) is 0 Å². The topological polar surface area (TPSA) is 128 Å². The molecule has 1 aromatic heterocycles. The van der Waals surface area contributed by atoms with E-state index in [9.17, 15) is 18.5 Å². The Morgan fingerprint density at radius 1 is 1.00 bits per heavy atom. The number of hydrogen-bond acceptors (Lipinski definition) is 6. The van der Waals surface area contributed by atoms with Crippen molar-refractivity contribution >= 4 is 21.5 Å². The highest BCUT2D eigenvalue weighted by Gasteiger charge is 2.17. The van der Waals surface area contributed by atoms with Crippen molar-refractivity contribution in [2.75, 3.05) is 5.32 Å². The lowest BCUT2D eigenvalue weighted by Gasteiger charge is -2.09. The number of nitrogens with one attached hydrogen (secondary N) is 1. The van der Waals surface area contributed by atoms with Crippen LogP contribution >= 0.6 is 0 Å². The third kappa shape index (κ3) is 4.46. The maximum absolute atomic E-state index is 11.3. The molecule has 2 aromatic carbocycles. The first-order chi connectivity index (χ1) is 12.8. The van der Waals surface area contributed by atoms with Crippen molar-refractivity contribution in [3.8, 4) is 11.3 Å². The summed E-state index contributed by atoms with van der Waals surface area (Å²) in [6.07, 6.45) is 0. The van der Waals surface area contributed by atoms with Gasteiger partial charge in [0.15, 0.2) is 5.69 Å². The van der Waals surface area contributed by atoms with E-state index in [0.29, 0.717) is 17.9 Å². The Bertz CT molecular complexity index is 1070. The van der Waals surface area contributed by atoms with Gasteiger partial charge in [-0.1, -0.05) is 42.5 Å². The van der Waals surface area contributed by atoms with E-state index in [1.54, 1.807) is 36.4 Å². The number of hydrogen-bond donors (Lipinski definition) is 2. The minimum absolute atomic E-state index is 0.0334. The molecule has 0 saturated heterocycles. The monoisotopic (exact) mass is 384 g/mol. The van der Waals surface area contributed by atoms with Crippen molar-refractivity contribution in [2.45, 2.75) is 11.4 Å². The van der Waals surface area contributed by atoms with E-state index in [1.165, 1.54) is 24.3 Å². The molecule has 0 saturated carbocycles. The summed E-state index contributed by atoms with van der Waals surface area (Å²) in [5.41, 5.74) is 1.65. The van der Waals surface area contributed by atoms with Crippen LogP contribution in [0.25, 0.3) is 11.3 Å². The molecule has 9 heteroatoms. The Balaban J connectivity index is 1.83. The molecular formula is C18H16N4O4S. The van der Waals surface area contributed by atoms with Crippen molar-refractivity contribution in [3.05, 3.63) is 82.4 Å². The van der Waals surface area contributed by atoms with Crippen LogP contribution in [0.15, 0.2) is 71.6 Å². The largest absolute Gasteiger partial charge is 0.366 e. The zero-order valence-corrected chi connectivity index (χ0v) is 14.9. The molecule has 8 nitrogen and oxygen atoms in total. The summed E-state index contributed by atoms with van der Waals surface area (Å²) in [6, 6.07) is 18.0. The molecular weight excluding hydrogens is 368 g/mol. The molecule has 0 spiro atoms. The molecule has 3 rings (SSSR count). The molecule has 0 atom stereocenters. The Kier molecular flexibility index (Phi) is 5.15. The van der Waals surface area contributed by atoms with Gasteiger partial charge in [-0.15, -0.1) is 0 Å². The second kappa shape index (κ2) is 7.52. The van der Waals surface area contributed by atoms with Crippen LogP contribution in [0.5, 0.6) is 0 Å². The number of benzene rings is 2. The third-order valence-electron chi connectivity index (χ3n) is 3.84. The van der Waals surface area contributed by atoms with E-state index in [4.69, 9.17) is 5.14 Å². The number of primary sulfonamides is 1. The van der Waals surface area contributed by atoms with E-state index in [1.807, 2.05) is 6.07 Å². The lowest BCUT2D eigenvalue weighted by atomic mass is 10.1. The molecule has 0 unspecified atom stereocenters. The molecule has 0 aliphatic rings. The number of anilines is 1. The van der Waals surface area contributed by atoms with Crippen molar-refractivity contribution in [3.63, 3.8) is 0 Å². The van der Waals surface area contributed by atoms with Crippen LogP contribution in [0.1, 0.15) is 5.56 Å². The third-order valence-corrected chi connectivity index (χ3v) is 4.77. The van der Waals surface area contributed by atoms with E-state index < -0.39 is 14.9 Å². The number of nitrogens with zero attached hydrogens (tertiary/aromatic N) is 2. The summed E-state index contributed by atoms with van der Waals surface area (Å²) in [6.45, 7) is 0.365. The van der Waals surface area contributed by atoms with Gasteiger partial charge >= 0.3 is 0 Å². The van der Waals surface area contributed by atoms with Crippen LogP contribution in [0.4, 0.5) is 11.5 Å². The van der Waals surface area contributed by atoms with Gasteiger partial charge in [0.25, 0.3) is 5.69 Å². The number of pyridine rings is 1. The SMILES string of the molecule is NS(=O)(=O)c1ccc(CNc2ccc([N+](=O)[O-])c(-c3ccccc3)n2)cc1. The highest BCUT2D eigenvalue weighted by atomic mass is 32.2. The van der Waals surface area contributed by atoms with Crippen LogP contribution in [0.3, 0.4) is 0 Å². The molecule has 0 aliphatic carbocycles. The molecule has 1 heterocycles. The van der Waals surface area contributed by atoms with Crippen molar-refractivity contribution < 1.29 is 13.3 Å². The molecule has 0 fully saturated rings. The fourth-order valence-corrected chi connectivity index (χ4v) is 3.01. The normalized spacial score (nSPS) is 11.1. The Morgan fingerprint density at radius 2 is 1.67 bits per heavy atom. The van der Waals surface area contributed by atoms with Gasteiger partial charge < -0.3 is 5.32 Å². The highest BCUT2D eigenvalue weighted by Crippen LogP contribution is 2.29. The Hall–Kier alpha value is -3.30. The van der Waals surface area contributed by atoms with Crippen LogP contribution in [-0.2, 0) is 16.6 Å². The first-order valence-electron chi connectivity index (χ1n) is 7.91. The fraction of sp³-hybridized carbons (Fsp3) is 0.0556. The van der Waals surface area contributed by atoms with Gasteiger partial charge in [0.05, 0.1) is 9.82 Å². The molecule has 27 heavy (non-hydrogen) atoms. The second-order valence-electron chi connectivity index (χ2n) is 5.73. The van der Waals surface area contributed by atoms with Gasteiger partial charge in [-0.3, -0.25) is 10.1 Å². The highest BCUT2D eigenvalue weighted by molar-refractivity contribution is 7.89. The summed E-state index contributed by atoms with van der Waals surface area (Å²) < 4.78 is 22.6.